The normalized spacial score (nSPS) is 17.9. The van der Waals surface area contributed by atoms with Gasteiger partial charge in [-0.2, -0.15) is 0 Å². The zero-order valence-electron chi connectivity index (χ0n) is 17.4. The lowest BCUT2D eigenvalue weighted by Gasteiger charge is -2.33. The maximum absolute atomic E-state index is 15.6. The van der Waals surface area contributed by atoms with Crippen molar-refractivity contribution < 1.29 is 19.1 Å². The highest BCUT2D eigenvalue weighted by atomic mass is 79.9. The molecule has 1 saturated carbocycles. The van der Waals surface area contributed by atoms with E-state index in [4.69, 9.17) is 21.5 Å². The van der Waals surface area contributed by atoms with Gasteiger partial charge in [0.1, 0.15) is 5.52 Å². The van der Waals surface area contributed by atoms with Crippen LogP contribution in [-0.4, -0.2) is 33.8 Å². The first-order chi connectivity index (χ1) is 15.4. The summed E-state index contributed by atoms with van der Waals surface area (Å²) in [6, 6.07) is 6.69. The number of aromatic nitrogens is 2. The average Bonchev–Trinajstić information content (AvgIpc) is 3.13. The Kier molecular flexibility index (Phi) is 6.99. The number of aliphatic hydroxyl groups excluding tert-OH is 1. The fraction of sp³-hybridized carbons (Fsp3) is 0.364. The van der Waals surface area contributed by atoms with Crippen LogP contribution >= 0.6 is 27.5 Å². The number of benzene rings is 2. The van der Waals surface area contributed by atoms with Crippen molar-refractivity contribution in [1.82, 2.24) is 15.0 Å². The third kappa shape index (κ3) is 4.76. The first kappa shape index (κ1) is 23.0. The molecule has 3 N–H and O–H groups in total. The SMILES string of the molecule is CC1CC(Cn2cnc3c(F)c(Nc4ccc(Br)cc4Cl)c(C(=O)NOCCO)cc32)C1. The summed E-state index contributed by atoms with van der Waals surface area (Å²) >= 11 is 9.63. The molecular formula is C22H23BrClFN4O3. The molecule has 10 heteroatoms. The summed E-state index contributed by atoms with van der Waals surface area (Å²) in [4.78, 5) is 22.1. The number of hydrogen-bond donors (Lipinski definition) is 3. The van der Waals surface area contributed by atoms with Gasteiger partial charge in [0.25, 0.3) is 5.91 Å². The van der Waals surface area contributed by atoms with Gasteiger partial charge < -0.3 is 15.0 Å². The van der Waals surface area contributed by atoms with Crippen LogP contribution in [0, 0.1) is 17.7 Å². The second kappa shape index (κ2) is 9.74. The second-order valence-corrected chi connectivity index (χ2v) is 9.40. The van der Waals surface area contributed by atoms with Gasteiger partial charge in [0.05, 0.1) is 47.0 Å². The summed E-state index contributed by atoms with van der Waals surface area (Å²) in [5.74, 6) is -0.104. The van der Waals surface area contributed by atoms with E-state index in [2.05, 4.69) is 38.6 Å². The van der Waals surface area contributed by atoms with Crippen molar-refractivity contribution in [3.05, 3.63) is 51.5 Å². The van der Waals surface area contributed by atoms with Crippen molar-refractivity contribution in [3.63, 3.8) is 0 Å². The zero-order valence-corrected chi connectivity index (χ0v) is 19.7. The minimum absolute atomic E-state index is 0.0376. The molecule has 0 bridgehead atoms. The van der Waals surface area contributed by atoms with Crippen LogP contribution in [-0.2, 0) is 11.4 Å². The molecule has 0 unspecified atom stereocenters. The van der Waals surface area contributed by atoms with Gasteiger partial charge in [-0.15, -0.1) is 0 Å². The van der Waals surface area contributed by atoms with Crippen LogP contribution in [0.3, 0.4) is 0 Å². The van der Waals surface area contributed by atoms with Crippen molar-refractivity contribution in [3.8, 4) is 0 Å². The zero-order chi connectivity index (χ0) is 22.8. The maximum Gasteiger partial charge on any atom is 0.277 e. The Morgan fingerprint density at radius 2 is 2.19 bits per heavy atom. The number of amides is 1. The van der Waals surface area contributed by atoms with Crippen molar-refractivity contribution in [2.45, 2.75) is 26.3 Å². The fourth-order valence-electron chi connectivity index (χ4n) is 4.04. The molecular weight excluding hydrogens is 503 g/mol. The quantitative estimate of drug-likeness (QED) is 0.283. The predicted octanol–water partition coefficient (Wildman–Crippen LogP) is 5.03. The van der Waals surface area contributed by atoms with Gasteiger partial charge in [-0.1, -0.05) is 34.5 Å². The number of aliphatic hydroxyl groups is 1. The summed E-state index contributed by atoms with van der Waals surface area (Å²) in [5.41, 5.74) is 3.35. The first-order valence-corrected chi connectivity index (χ1v) is 11.5. The van der Waals surface area contributed by atoms with Crippen LogP contribution in [0.4, 0.5) is 15.8 Å². The number of nitrogens with zero attached hydrogens (tertiary/aromatic N) is 2. The monoisotopic (exact) mass is 524 g/mol. The molecule has 1 amide bonds. The standard InChI is InChI=1S/C22H23BrClFN4O3/c1-12-6-13(7-12)10-29-11-26-21-18(29)9-15(22(31)28-32-5-4-30)20(19(21)25)27-17-3-2-14(23)8-16(17)24/h2-3,8-9,11-13,27,30H,4-7,10H2,1H3,(H,28,31). The summed E-state index contributed by atoms with van der Waals surface area (Å²) in [6.45, 7) is 2.57. The minimum Gasteiger partial charge on any atom is -0.394 e. The number of imidazole rings is 1. The summed E-state index contributed by atoms with van der Waals surface area (Å²) < 4.78 is 18.3. The van der Waals surface area contributed by atoms with E-state index in [9.17, 15) is 4.79 Å². The Morgan fingerprint density at radius 1 is 1.41 bits per heavy atom. The lowest BCUT2D eigenvalue weighted by Crippen LogP contribution is -2.26. The van der Waals surface area contributed by atoms with E-state index < -0.39 is 11.7 Å². The third-order valence-electron chi connectivity index (χ3n) is 5.58. The van der Waals surface area contributed by atoms with E-state index >= 15 is 4.39 Å². The molecule has 1 aromatic heterocycles. The molecule has 1 heterocycles. The van der Waals surface area contributed by atoms with Crippen LogP contribution in [0.25, 0.3) is 11.0 Å². The maximum atomic E-state index is 15.6. The molecule has 1 aliphatic rings. The average molecular weight is 526 g/mol. The smallest absolute Gasteiger partial charge is 0.277 e. The number of hydrogen-bond acceptors (Lipinski definition) is 5. The van der Waals surface area contributed by atoms with Gasteiger partial charge in [0.2, 0.25) is 0 Å². The van der Waals surface area contributed by atoms with Crippen LogP contribution < -0.4 is 10.8 Å². The molecule has 7 nitrogen and oxygen atoms in total. The van der Waals surface area contributed by atoms with Crippen LogP contribution in [0.5, 0.6) is 0 Å². The molecule has 0 saturated heterocycles. The lowest BCUT2D eigenvalue weighted by molar-refractivity contribution is 0.0169. The van der Waals surface area contributed by atoms with E-state index in [-0.39, 0.29) is 30.0 Å². The number of hydroxylamine groups is 1. The molecule has 1 aliphatic carbocycles. The largest absolute Gasteiger partial charge is 0.394 e. The van der Waals surface area contributed by atoms with Crippen molar-refractivity contribution >= 4 is 55.8 Å². The molecule has 0 radical (unpaired) electrons. The fourth-order valence-corrected chi connectivity index (χ4v) is 4.76. The number of nitrogens with one attached hydrogen (secondary N) is 2. The minimum atomic E-state index is -0.658. The lowest BCUT2D eigenvalue weighted by atomic mass is 9.76. The number of halogens is 3. The van der Waals surface area contributed by atoms with Crippen LogP contribution in [0.15, 0.2) is 35.1 Å². The summed E-state index contributed by atoms with van der Waals surface area (Å²) in [6.07, 6.45) is 3.84. The predicted molar refractivity (Wildman–Crippen MR) is 125 cm³/mol. The Morgan fingerprint density at radius 3 is 2.88 bits per heavy atom. The van der Waals surface area contributed by atoms with Crippen LogP contribution in [0.1, 0.15) is 30.1 Å². The Balaban J connectivity index is 1.74. The Hall–Kier alpha value is -2.20. The molecule has 4 rings (SSSR count). The molecule has 0 spiro atoms. The highest BCUT2D eigenvalue weighted by Gasteiger charge is 2.27. The highest BCUT2D eigenvalue weighted by Crippen LogP contribution is 2.37. The van der Waals surface area contributed by atoms with Gasteiger partial charge in [-0.3, -0.25) is 9.63 Å². The van der Waals surface area contributed by atoms with Gasteiger partial charge >= 0.3 is 0 Å². The van der Waals surface area contributed by atoms with E-state index in [1.165, 1.54) is 0 Å². The van der Waals surface area contributed by atoms with Gasteiger partial charge in [-0.25, -0.2) is 14.9 Å². The van der Waals surface area contributed by atoms with E-state index in [1.54, 1.807) is 30.6 Å². The molecule has 2 aromatic carbocycles. The number of carbonyl (C=O) groups excluding carboxylic acids is 1. The van der Waals surface area contributed by atoms with E-state index in [1.807, 2.05) is 4.57 Å². The number of anilines is 2. The molecule has 1 fully saturated rings. The molecule has 3 aromatic rings. The third-order valence-corrected chi connectivity index (χ3v) is 6.38. The van der Waals surface area contributed by atoms with Crippen molar-refractivity contribution in [2.24, 2.45) is 11.8 Å². The molecule has 0 atom stereocenters. The van der Waals surface area contributed by atoms with Gasteiger partial charge in [0.15, 0.2) is 5.82 Å². The number of fused-ring (bicyclic) bond motifs is 1. The Labute approximate surface area is 198 Å². The molecule has 170 valence electrons. The van der Waals surface area contributed by atoms with Gasteiger partial charge in [0, 0.05) is 11.0 Å². The second-order valence-electron chi connectivity index (χ2n) is 8.07. The number of carbonyl (C=O) groups is 1. The van der Waals surface area contributed by atoms with Crippen LogP contribution in [0.2, 0.25) is 5.02 Å². The molecule has 32 heavy (non-hydrogen) atoms. The Bertz CT molecular complexity index is 1150. The topological polar surface area (TPSA) is 88.4 Å². The number of rotatable bonds is 8. The summed E-state index contributed by atoms with van der Waals surface area (Å²) in [7, 11) is 0. The summed E-state index contributed by atoms with van der Waals surface area (Å²) in [5, 5.41) is 12.2. The highest BCUT2D eigenvalue weighted by molar-refractivity contribution is 9.10. The molecule has 0 aliphatic heterocycles. The van der Waals surface area contributed by atoms with Gasteiger partial charge in [-0.05, 0) is 48.9 Å². The van der Waals surface area contributed by atoms with E-state index in [0.717, 1.165) is 17.3 Å². The van der Waals surface area contributed by atoms with E-state index in [0.29, 0.717) is 34.6 Å². The first-order valence-electron chi connectivity index (χ1n) is 10.3. The van der Waals surface area contributed by atoms with Crippen molar-refractivity contribution in [2.75, 3.05) is 18.5 Å². The van der Waals surface area contributed by atoms with Crippen molar-refractivity contribution in [1.29, 1.82) is 0 Å².